The minimum atomic E-state index is -0.841. The van der Waals surface area contributed by atoms with E-state index in [0.29, 0.717) is 36.4 Å². The molecule has 0 aromatic heterocycles. The van der Waals surface area contributed by atoms with Crippen LogP contribution in [-0.2, 0) is 22.4 Å². The maximum absolute atomic E-state index is 12.2. The summed E-state index contributed by atoms with van der Waals surface area (Å²) in [5.74, 6) is 0.471. The molecule has 0 unspecified atom stereocenters. The van der Waals surface area contributed by atoms with E-state index in [9.17, 15) is 9.59 Å². The molecule has 1 amide bonds. The minimum absolute atomic E-state index is 0.0625. The Labute approximate surface area is 152 Å². The average molecular weight is 357 g/mol. The number of carbonyl (C=O) groups is 2. The van der Waals surface area contributed by atoms with Gasteiger partial charge in [0.05, 0.1) is 14.2 Å². The first-order valence-corrected chi connectivity index (χ1v) is 8.33. The van der Waals surface area contributed by atoms with E-state index < -0.39 is 5.97 Å². The first kappa shape index (κ1) is 19.3. The molecule has 26 heavy (non-hydrogen) atoms. The number of aryl methyl sites for hydroxylation is 2. The molecule has 6 heteroatoms. The van der Waals surface area contributed by atoms with Gasteiger partial charge < -0.3 is 19.9 Å². The number of ether oxygens (including phenoxy) is 2. The van der Waals surface area contributed by atoms with E-state index in [0.717, 1.165) is 11.1 Å². The monoisotopic (exact) mass is 357 g/mol. The topological polar surface area (TPSA) is 84.9 Å². The molecule has 2 aromatic rings. The van der Waals surface area contributed by atoms with Gasteiger partial charge in [-0.25, -0.2) is 0 Å². The number of carbonyl (C=O) groups excluding carboxylic acids is 1. The summed E-state index contributed by atoms with van der Waals surface area (Å²) in [5, 5.41) is 11.6. The number of carboxylic acids is 1. The van der Waals surface area contributed by atoms with E-state index in [-0.39, 0.29) is 12.3 Å². The molecular weight excluding hydrogens is 334 g/mol. The fraction of sp³-hybridized carbons (Fsp3) is 0.300. The number of hydrogen-bond donors (Lipinski definition) is 2. The third-order valence-electron chi connectivity index (χ3n) is 3.95. The molecule has 0 fully saturated rings. The van der Waals surface area contributed by atoms with Gasteiger partial charge in [-0.05, 0) is 54.3 Å². The van der Waals surface area contributed by atoms with Crippen LogP contribution in [0.3, 0.4) is 0 Å². The summed E-state index contributed by atoms with van der Waals surface area (Å²) < 4.78 is 10.5. The van der Waals surface area contributed by atoms with Crippen molar-refractivity contribution in [1.29, 1.82) is 0 Å². The van der Waals surface area contributed by atoms with Gasteiger partial charge >= 0.3 is 5.97 Å². The molecule has 2 rings (SSSR count). The van der Waals surface area contributed by atoms with Crippen molar-refractivity contribution in [2.45, 2.75) is 25.7 Å². The van der Waals surface area contributed by atoms with Crippen LogP contribution in [0.5, 0.6) is 11.5 Å². The summed E-state index contributed by atoms with van der Waals surface area (Å²) in [6.45, 7) is 0. The van der Waals surface area contributed by atoms with Gasteiger partial charge in [-0.15, -0.1) is 0 Å². The van der Waals surface area contributed by atoms with Gasteiger partial charge in [0, 0.05) is 18.5 Å². The van der Waals surface area contributed by atoms with Crippen LogP contribution in [0.15, 0.2) is 42.5 Å². The zero-order valence-corrected chi connectivity index (χ0v) is 15.0. The van der Waals surface area contributed by atoms with Crippen LogP contribution in [0.1, 0.15) is 24.0 Å². The fourth-order valence-corrected chi connectivity index (χ4v) is 2.60. The molecule has 0 radical (unpaired) electrons. The van der Waals surface area contributed by atoms with Gasteiger partial charge in [-0.3, -0.25) is 9.59 Å². The maximum Gasteiger partial charge on any atom is 0.303 e. The third-order valence-corrected chi connectivity index (χ3v) is 3.95. The van der Waals surface area contributed by atoms with Crippen LogP contribution in [-0.4, -0.2) is 31.2 Å². The minimum Gasteiger partial charge on any atom is -0.497 e. The highest BCUT2D eigenvalue weighted by Crippen LogP contribution is 2.25. The highest BCUT2D eigenvalue weighted by atomic mass is 16.5. The summed E-state index contributed by atoms with van der Waals surface area (Å²) in [5.41, 5.74) is 2.44. The number of hydrogen-bond acceptors (Lipinski definition) is 4. The second-order valence-electron chi connectivity index (χ2n) is 5.82. The van der Waals surface area contributed by atoms with Crippen LogP contribution < -0.4 is 14.8 Å². The SMILES string of the molecule is COc1ccc(OC)c(CCC(=O)Nc2cccc(CCC(=O)O)c2)c1. The normalized spacial score (nSPS) is 10.2. The largest absolute Gasteiger partial charge is 0.497 e. The maximum atomic E-state index is 12.2. The average Bonchev–Trinajstić information content (AvgIpc) is 2.64. The summed E-state index contributed by atoms with van der Waals surface area (Å²) in [4.78, 5) is 22.9. The van der Waals surface area contributed by atoms with E-state index in [2.05, 4.69) is 5.32 Å². The molecule has 0 aliphatic heterocycles. The smallest absolute Gasteiger partial charge is 0.303 e. The van der Waals surface area contributed by atoms with Crippen molar-refractivity contribution in [3.05, 3.63) is 53.6 Å². The summed E-state index contributed by atoms with van der Waals surface area (Å²) in [7, 11) is 3.18. The summed E-state index contributed by atoms with van der Waals surface area (Å²) in [6.07, 6.45) is 1.31. The standard InChI is InChI=1S/C20H23NO5/c1-25-17-8-9-18(26-2)15(13-17)7-10-19(22)21-16-5-3-4-14(12-16)6-11-20(23)24/h3-5,8-9,12-13H,6-7,10-11H2,1-2H3,(H,21,22)(H,23,24). The predicted octanol–water partition coefficient (Wildman–Crippen LogP) is 3.29. The van der Waals surface area contributed by atoms with Gasteiger partial charge in [-0.2, -0.15) is 0 Å². The fourth-order valence-electron chi connectivity index (χ4n) is 2.60. The van der Waals surface area contributed by atoms with Crippen molar-refractivity contribution in [3.8, 4) is 11.5 Å². The molecule has 0 saturated heterocycles. The molecule has 0 saturated carbocycles. The summed E-state index contributed by atoms with van der Waals surface area (Å²) in [6, 6.07) is 12.7. The van der Waals surface area contributed by atoms with Crippen molar-refractivity contribution in [2.24, 2.45) is 0 Å². The van der Waals surface area contributed by atoms with Crippen LogP contribution in [0, 0.1) is 0 Å². The van der Waals surface area contributed by atoms with Crippen molar-refractivity contribution >= 4 is 17.6 Å². The molecule has 6 nitrogen and oxygen atoms in total. The van der Waals surface area contributed by atoms with Crippen molar-refractivity contribution in [3.63, 3.8) is 0 Å². The zero-order valence-electron chi connectivity index (χ0n) is 15.0. The van der Waals surface area contributed by atoms with Gasteiger partial charge in [0.25, 0.3) is 0 Å². The second-order valence-corrected chi connectivity index (χ2v) is 5.82. The Morgan fingerprint density at radius 2 is 1.81 bits per heavy atom. The van der Waals surface area contributed by atoms with Crippen LogP contribution >= 0.6 is 0 Å². The Kier molecular flexibility index (Phi) is 7.02. The van der Waals surface area contributed by atoms with Gasteiger partial charge in [-0.1, -0.05) is 12.1 Å². The van der Waals surface area contributed by atoms with Crippen molar-refractivity contribution in [1.82, 2.24) is 0 Å². The lowest BCUT2D eigenvalue weighted by Crippen LogP contribution is -2.13. The van der Waals surface area contributed by atoms with Gasteiger partial charge in [0.2, 0.25) is 5.91 Å². The molecule has 0 heterocycles. The number of aliphatic carboxylic acids is 1. The van der Waals surface area contributed by atoms with E-state index in [1.54, 1.807) is 32.4 Å². The Balaban J connectivity index is 1.95. The van der Waals surface area contributed by atoms with Gasteiger partial charge in [0.15, 0.2) is 0 Å². The zero-order chi connectivity index (χ0) is 18.9. The summed E-state index contributed by atoms with van der Waals surface area (Å²) >= 11 is 0. The van der Waals surface area contributed by atoms with Gasteiger partial charge in [0.1, 0.15) is 11.5 Å². The Morgan fingerprint density at radius 3 is 2.50 bits per heavy atom. The Bertz CT molecular complexity index is 773. The number of carboxylic acid groups (broad SMARTS) is 1. The second kappa shape index (κ2) is 9.46. The highest BCUT2D eigenvalue weighted by Gasteiger charge is 2.09. The van der Waals surface area contributed by atoms with Crippen molar-refractivity contribution in [2.75, 3.05) is 19.5 Å². The van der Waals surface area contributed by atoms with E-state index >= 15 is 0 Å². The lowest BCUT2D eigenvalue weighted by atomic mass is 10.1. The first-order valence-electron chi connectivity index (χ1n) is 8.33. The van der Waals surface area contributed by atoms with E-state index in [4.69, 9.17) is 14.6 Å². The Hall–Kier alpha value is -3.02. The first-order chi connectivity index (χ1) is 12.5. The van der Waals surface area contributed by atoms with Crippen molar-refractivity contribution < 1.29 is 24.2 Å². The number of benzene rings is 2. The lowest BCUT2D eigenvalue weighted by Gasteiger charge is -2.11. The number of nitrogens with one attached hydrogen (secondary N) is 1. The number of rotatable bonds is 9. The highest BCUT2D eigenvalue weighted by molar-refractivity contribution is 5.91. The van der Waals surface area contributed by atoms with Crippen LogP contribution in [0.25, 0.3) is 0 Å². The predicted molar refractivity (Wildman–Crippen MR) is 98.9 cm³/mol. The molecule has 0 bridgehead atoms. The van der Waals surface area contributed by atoms with Crippen LogP contribution in [0.2, 0.25) is 0 Å². The molecule has 0 atom stereocenters. The number of amides is 1. The van der Waals surface area contributed by atoms with Crippen LogP contribution in [0.4, 0.5) is 5.69 Å². The molecule has 0 aliphatic rings. The third kappa shape index (κ3) is 5.81. The molecule has 0 spiro atoms. The Morgan fingerprint density at radius 1 is 1.00 bits per heavy atom. The molecule has 138 valence electrons. The molecular formula is C20H23NO5. The van der Waals surface area contributed by atoms with E-state index in [1.807, 2.05) is 24.3 Å². The number of anilines is 1. The quantitative estimate of drug-likeness (QED) is 0.719. The number of methoxy groups -OCH3 is 2. The molecule has 2 N–H and O–H groups in total. The van der Waals surface area contributed by atoms with E-state index in [1.165, 1.54) is 0 Å². The lowest BCUT2D eigenvalue weighted by molar-refractivity contribution is -0.137. The molecule has 0 aliphatic carbocycles. The molecule has 2 aromatic carbocycles.